The molecule has 0 radical (unpaired) electrons. The van der Waals surface area contributed by atoms with Crippen molar-refractivity contribution >= 4 is 27.3 Å². The number of aliphatic hydroxyl groups excluding tert-OH is 1. The molecule has 0 amide bonds. The standard InChI is InChI=1S/C13H19NO5S2/c15-7-5-10-2-1-6-14(9-10)21(18,19)13-4-3-11(20-13)8-12(16)17/h3-4,10,15H,1-2,5-9H2,(H,16,17). The van der Waals surface area contributed by atoms with E-state index in [4.69, 9.17) is 10.2 Å². The second-order valence-corrected chi connectivity index (χ2v) is 8.51. The summed E-state index contributed by atoms with van der Waals surface area (Å²) in [5.74, 6) is -0.779. The summed E-state index contributed by atoms with van der Waals surface area (Å²) in [6, 6.07) is 3.04. The molecule has 0 saturated carbocycles. The SMILES string of the molecule is O=C(O)Cc1ccc(S(=O)(=O)N2CCCC(CCO)C2)s1. The molecule has 2 N–H and O–H groups in total. The molecule has 2 heterocycles. The number of nitrogens with zero attached hydrogens (tertiary/aromatic N) is 1. The number of sulfonamides is 1. The van der Waals surface area contributed by atoms with Gasteiger partial charge in [-0.3, -0.25) is 4.79 Å². The Kier molecular flexibility index (Phi) is 5.37. The lowest BCUT2D eigenvalue weighted by Gasteiger charge is -2.31. The fourth-order valence-corrected chi connectivity index (χ4v) is 5.59. The van der Waals surface area contributed by atoms with E-state index in [9.17, 15) is 13.2 Å². The summed E-state index contributed by atoms with van der Waals surface area (Å²) in [6.45, 7) is 0.978. The van der Waals surface area contributed by atoms with Gasteiger partial charge in [0.25, 0.3) is 10.0 Å². The monoisotopic (exact) mass is 333 g/mol. The molecule has 6 nitrogen and oxygen atoms in total. The smallest absolute Gasteiger partial charge is 0.308 e. The van der Waals surface area contributed by atoms with Gasteiger partial charge in [-0.05, 0) is 37.3 Å². The van der Waals surface area contributed by atoms with Crippen molar-refractivity contribution in [1.29, 1.82) is 0 Å². The molecule has 1 aromatic heterocycles. The van der Waals surface area contributed by atoms with Crippen molar-refractivity contribution in [2.75, 3.05) is 19.7 Å². The van der Waals surface area contributed by atoms with Crippen molar-refractivity contribution in [3.63, 3.8) is 0 Å². The number of aliphatic hydroxyl groups is 1. The van der Waals surface area contributed by atoms with E-state index in [-0.39, 0.29) is 23.2 Å². The fraction of sp³-hybridized carbons (Fsp3) is 0.615. The maximum absolute atomic E-state index is 12.6. The molecule has 1 saturated heterocycles. The predicted molar refractivity (Wildman–Crippen MR) is 78.8 cm³/mol. The second kappa shape index (κ2) is 6.87. The summed E-state index contributed by atoms with van der Waals surface area (Å²) < 4.78 is 26.8. The van der Waals surface area contributed by atoms with E-state index >= 15 is 0 Å². The normalized spacial score (nSPS) is 20.5. The van der Waals surface area contributed by atoms with Gasteiger partial charge >= 0.3 is 5.97 Å². The van der Waals surface area contributed by atoms with Crippen LogP contribution in [0.25, 0.3) is 0 Å². The molecule has 8 heteroatoms. The largest absolute Gasteiger partial charge is 0.481 e. The minimum absolute atomic E-state index is 0.0698. The molecule has 1 atom stereocenters. The Bertz CT molecular complexity index is 593. The van der Waals surface area contributed by atoms with Gasteiger partial charge in [-0.15, -0.1) is 11.3 Å². The van der Waals surface area contributed by atoms with Gasteiger partial charge in [0.05, 0.1) is 6.42 Å². The van der Waals surface area contributed by atoms with Gasteiger partial charge in [0.2, 0.25) is 0 Å². The fourth-order valence-electron chi connectivity index (χ4n) is 2.53. The topological polar surface area (TPSA) is 94.9 Å². The Balaban J connectivity index is 2.13. The van der Waals surface area contributed by atoms with Gasteiger partial charge in [-0.2, -0.15) is 4.31 Å². The van der Waals surface area contributed by atoms with Crippen LogP contribution in [0.2, 0.25) is 0 Å². The lowest BCUT2D eigenvalue weighted by molar-refractivity contribution is -0.136. The zero-order chi connectivity index (χ0) is 15.5. The second-order valence-electron chi connectivity index (χ2n) is 5.17. The Morgan fingerprint density at radius 2 is 2.19 bits per heavy atom. The molecular formula is C13H19NO5S2. The van der Waals surface area contributed by atoms with Crippen LogP contribution >= 0.6 is 11.3 Å². The number of hydrogen-bond donors (Lipinski definition) is 2. The third kappa shape index (κ3) is 4.03. The molecule has 1 aliphatic rings. The maximum Gasteiger partial charge on any atom is 0.308 e. The summed E-state index contributed by atoms with van der Waals surface area (Å²) in [5, 5.41) is 17.7. The number of carboxylic acid groups (broad SMARTS) is 1. The molecule has 1 unspecified atom stereocenters. The molecule has 0 spiro atoms. The maximum atomic E-state index is 12.6. The van der Waals surface area contributed by atoms with Crippen molar-refractivity contribution in [2.24, 2.45) is 5.92 Å². The van der Waals surface area contributed by atoms with Crippen LogP contribution in [0.4, 0.5) is 0 Å². The Labute approximate surface area is 128 Å². The number of thiophene rings is 1. The van der Waals surface area contributed by atoms with Gasteiger partial charge < -0.3 is 10.2 Å². The number of carboxylic acids is 1. The van der Waals surface area contributed by atoms with E-state index < -0.39 is 16.0 Å². The van der Waals surface area contributed by atoms with Crippen molar-refractivity contribution in [1.82, 2.24) is 4.31 Å². The minimum atomic E-state index is -3.55. The van der Waals surface area contributed by atoms with E-state index in [1.54, 1.807) is 6.07 Å². The Morgan fingerprint density at radius 3 is 2.86 bits per heavy atom. The third-order valence-corrected chi connectivity index (χ3v) is 6.99. The van der Waals surface area contributed by atoms with Crippen LogP contribution < -0.4 is 0 Å². The highest BCUT2D eigenvalue weighted by Crippen LogP contribution is 2.29. The van der Waals surface area contributed by atoms with Crippen LogP contribution in [0.15, 0.2) is 16.3 Å². The van der Waals surface area contributed by atoms with Crippen molar-refractivity contribution in [2.45, 2.75) is 29.9 Å². The number of piperidine rings is 1. The van der Waals surface area contributed by atoms with Gasteiger partial charge in [0.15, 0.2) is 0 Å². The van der Waals surface area contributed by atoms with Crippen molar-refractivity contribution in [3.05, 3.63) is 17.0 Å². The summed E-state index contributed by atoms with van der Waals surface area (Å²) in [7, 11) is -3.55. The highest BCUT2D eigenvalue weighted by molar-refractivity contribution is 7.91. The van der Waals surface area contributed by atoms with Crippen molar-refractivity contribution in [3.8, 4) is 0 Å². The number of carbonyl (C=O) groups is 1. The van der Waals surface area contributed by atoms with Crippen LogP contribution in [0, 0.1) is 5.92 Å². The quantitative estimate of drug-likeness (QED) is 0.814. The lowest BCUT2D eigenvalue weighted by atomic mass is 9.97. The first kappa shape index (κ1) is 16.4. The van der Waals surface area contributed by atoms with E-state index in [0.29, 0.717) is 24.4 Å². The number of aliphatic carboxylic acids is 1. The number of rotatable bonds is 6. The molecule has 21 heavy (non-hydrogen) atoms. The molecule has 0 aromatic carbocycles. The van der Waals surface area contributed by atoms with Gasteiger partial charge in [-0.1, -0.05) is 0 Å². The molecule has 1 fully saturated rings. The van der Waals surface area contributed by atoms with Gasteiger partial charge in [-0.25, -0.2) is 8.42 Å². The third-order valence-electron chi connectivity index (χ3n) is 3.58. The van der Waals surface area contributed by atoms with Crippen molar-refractivity contribution < 1.29 is 23.4 Å². The van der Waals surface area contributed by atoms with Gasteiger partial charge in [0, 0.05) is 24.6 Å². The average Bonchev–Trinajstić information content (AvgIpc) is 2.88. The van der Waals surface area contributed by atoms with Crippen LogP contribution in [-0.4, -0.2) is 48.6 Å². The van der Waals surface area contributed by atoms with E-state index in [1.807, 2.05) is 0 Å². The van der Waals surface area contributed by atoms with Crippen LogP contribution in [-0.2, 0) is 21.2 Å². The van der Waals surface area contributed by atoms with Crippen LogP contribution in [0.3, 0.4) is 0 Å². The molecule has 0 aliphatic carbocycles. The minimum Gasteiger partial charge on any atom is -0.481 e. The summed E-state index contributed by atoms with van der Waals surface area (Å²) in [6.07, 6.45) is 2.17. The summed E-state index contributed by atoms with van der Waals surface area (Å²) >= 11 is 1.02. The molecule has 0 bridgehead atoms. The highest BCUT2D eigenvalue weighted by atomic mass is 32.2. The first-order chi connectivity index (χ1) is 9.93. The molecule has 1 aromatic rings. The van der Waals surface area contributed by atoms with E-state index in [2.05, 4.69) is 0 Å². The zero-order valence-electron chi connectivity index (χ0n) is 11.6. The van der Waals surface area contributed by atoms with Gasteiger partial charge in [0.1, 0.15) is 4.21 Å². The first-order valence-corrected chi connectivity index (χ1v) is 9.10. The van der Waals surface area contributed by atoms with E-state index in [1.165, 1.54) is 10.4 Å². The summed E-state index contributed by atoms with van der Waals surface area (Å²) in [4.78, 5) is 11.2. The zero-order valence-corrected chi connectivity index (χ0v) is 13.2. The highest BCUT2D eigenvalue weighted by Gasteiger charge is 2.31. The predicted octanol–water partition coefficient (Wildman–Crippen LogP) is 1.16. The number of hydrogen-bond acceptors (Lipinski definition) is 5. The van der Waals surface area contributed by atoms with E-state index in [0.717, 1.165) is 24.2 Å². The first-order valence-electron chi connectivity index (χ1n) is 6.85. The Morgan fingerprint density at radius 1 is 1.43 bits per heavy atom. The summed E-state index contributed by atoms with van der Waals surface area (Å²) in [5.41, 5.74) is 0. The lowest BCUT2D eigenvalue weighted by Crippen LogP contribution is -2.39. The molecule has 118 valence electrons. The average molecular weight is 333 g/mol. The molecule has 1 aliphatic heterocycles. The molecule has 2 rings (SSSR count). The van der Waals surface area contributed by atoms with Crippen LogP contribution in [0.1, 0.15) is 24.1 Å². The van der Waals surface area contributed by atoms with Crippen LogP contribution in [0.5, 0.6) is 0 Å². The molecular weight excluding hydrogens is 314 g/mol. The Hall–Kier alpha value is -0.960.